The molecule has 0 atom stereocenters. The molecule has 0 spiro atoms. The highest BCUT2D eigenvalue weighted by atomic mass is 16.1. The Morgan fingerprint density at radius 3 is 2.58 bits per heavy atom. The Hall–Kier alpha value is -3.56. The number of nitriles is 3. The number of nitrogens with one attached hydrogen (secondary N) is 2. The zero-order chi connectivity index (χ0) is 18.8. The summed E-state index contributed by atoms with van der Waals surface area (Å²) in [7, 11) is 0. The fourth-order valence-electron chi connectivity index (χ4n) is 2.74. The summed E-state index contributed by atoms with van der Waals surface area (Å²) in [6, 6.07) is 11.7. The Labute approximate surface area is 153 Å². The van der Waals surface area contributed by atoms with Gasteiger partial charge in [0.1, 0.15) is 23.9 Å². The summed E-state index contributed by atoms with van der Waals surface area (Å²) in [5.41, 5.74) is 1.86. The largest absolute Gasteiger partial charge is 0.352 e. The maximum Gasteiger partial charge on any atom is 0.251 e. The summed E-state index contributed by atoms with van der Waals surface area (Å²) in [5.74, 6) is -0.201. The number of benzene rings is 1. The number of rotatable bonds is 6. The van der Waals surface area contributed by atoms with Gasteiger partial charge in [-0.05, 0) is 50.3 Å². The van der Waals surface area contributed by atoms with Crippen molar-refractivity contribution in [1.82, 2.24) is 5.32 Å². The molecule has 0 heterocycles. The van der Waals surface area contributed by atoms with E-state index in [0.29, 0.717) is 17.8 Å². The molecule has 0 radical (unpaired) electrons. The molecule has 0 bridgehead atoms. The molecule has 1 aromatic rings. The maximum absolute atomic E-state index is 12.3. The molecule has 0 fully saturated rings. The van der Waals surface area contributed by atoms with E-state index in [2.05, 4.69) is 16.7 Å². The van der Waals surface area contributed by atoms with Gasteiger partial charge < -0.3 is 10.6 Å². The molecule has 1 aliphatic rings. The van der Waals surface area contributed by atoms with Crippen LogP contribution in [0.2, 0.25) is 0 Å². The highest BCUT2D eigenvalue weighted by molar-refractivity contribution is 5.95. The van der Waals surface area contributed by atoms with Crippen LogP contribution in [0.3, 0.4) is 0 Å². The number of allylic oxidation sites excluding steroid dienone is 3. The second kappa shape index (κ2) is 9.67. The SMILES string of the molecule is N#CC(C#N)=C(C#N)Nc1cccc(C(=O)NCCC2=CCCCC2)c1. The number of hydrogen-bond acceptors (Lipinski definition) is 5. The van der Waals surface area contributed by atoms with E-state index in [9.17, 15) is 4.79 Å². The molecule has 1 aromatic carbocycles. The average molecular weight is 345 g/mol. The predicted octanol–water partition coefficient (Wildman–Crippen LogP) is 3.54. The minimum Gasteiger partial charge on any atom is -0.352 e. The van der Waals surface area contributed by atoms with Crippen LogP contribution in [0, 0.1) is 34.0 Å². The third-order valence-electron chi connectivity index (χ3n) is 4.10. The third-order valence-corrected chi connectivity index (χ3v) is 4.10. The van der Waals surface area contributed by atoms with Crippen LogP contribution in [-0.4, -0.2) is 12.5 Å². The summed E-state index contributed by atoms with van der Waals surface area (Å²) < 4.78 is 0. The Balaban J connectivity index is 2.00. The van der Waals surface area contributed by atoms with Crippen LogP contribution >= 0.6 is 0 Å². The molecule has 2 rings (SSSR count). The first kappa shape index (κ1) is 18.8. The molecule has 26 heavy (non-hydrogen) atoms. The highest BCUT2D eigenvalue weighted by Crippen LogP contribution is 2.19. The molecule has 0 saturated heterocycles. The van der Waals surface area contributed by atoms with E-state index in [1.54, 1.807) is 42.5 Å². The van der Waals surface area contributed by atoms with Gasteiger partial charge in [-0.25, -0.2) is 0 Å². The lowest BCUT2D eigenvalue weighted by molar-refractivity contribution is 0.0954. The molecular formula is C20H19N5O. The quantitative estimate of drug-likeness (QED) is 0.605. The number of amides is 1. The number of carbonyl (C=O) groups excluding carboxylic acids is 1. The van der Waals surface area contributed by atoms with Crippen molar-refractivity contribution in [2.24, 2.45) is 0 Å². The lowest BCUT2D eigenvalue weighted by Crippen LogP contribution is -2.25. The molecule has 1 amide bonds. The molecule has 2 N–H and O–H groups in total. The molecule has 1 aliphatic carbocycles. The van der Waals surface area contributed by atoms with Crippen LogP contribution in [-0.2, 0) is 0 Å². The van der Waals surface area contributed by atoms with Crippen LogP contribution < -0.4 is 10.6 Å². The summed E-state index contributed by atoms with van der Waals surface area (Å²) in [5, 5.41) is 32.4. The van der Waals surface area contributed by atoms with Gasteiger partial charge in [-0.3, -0.25) is 4.79 Å². The van der Waals surface area contributed by atoms with Crippen molar-refractivity contribution in [2.45, 2.75) is 32.1 Å². The zero-order valence-electron chi connectivity index (χ0n) is 14.4. The number of nitrogens with zero attached hydrogens (tertiary/aromatic N) is 3. The van der Waals surface area contributed by atoms with Crippen LogP contribution in [0.1, 0.15) is 42.5 Å². The second-order valence-corrected chi connectivity index (χ2v) is 5.91. The minimum atomic E-state index is -0.303. The van der Waals surface area contributed by atoms with Crippen molar-refractivity contribution in [1.29, 1.82) is 15.8 Å². The van der Waals surface area contributed by atoms with E-state index >= 15 is 0 Å². The van der Waals surface area contributed by atoms with Crippen LogP contribution in [0.15, 0.2) is 47.2 Å². The first-order valence-electron chi connectivity index (χ1n) is 8.45. The van der Waals surface area contributed by atoms with Gasteiger partial charge in [0, 0.05) is 17.8 Å². The fraction of sp³-hybridized carbons (Fsp3) is 0.300. The first-order valence-corrected chi connectivity index (χ1v) is 8.45. The minimum absolute atomic E-state index is 0.142. The monoisotopic (exact) mass is 345 g/mol. The van der Waals surface area contributed by atoms with Gasteiger partial charge in [0.15, 0.2) is 5.57 Å². The van der Waals surface area contributed by atoms with Crippen molar-refractivity contribution in [3.05, 3.63) is 52.7 Å². The van der Waals surface area contributed by atoms with Crippen LogP contribution in [0.25, 0.3) is 0 Å². The van der Waals surface area contributed by atoms with Crippen molar-refractivity contribution in [3.63, 3.8) is 0 Å². The Morgan fingerprint density at radius 2 is 1.92 bits per heavy atom. The topological polar surface area (TPSA) is 112 Å². The summed E-state index contributed by atoms with van der Waals surface area (Å²) in [4.78, 5) is 12.3. The van der Waals surface area contributed by atoms with Gasteiger partial charge in [-0.2, -0.15) is 15.8 Å². The van der Waals surface area contributed by atoms with Gasteiger partial charge in [0.2, 0.25) is 0 Å². The van der Waals surface area contributed by atoms with Crippen LogP contribution in [0.5, 0.6) is 0 Å². The molecule has 6 heteroatoms. The molecule has 0 saturated carbocycles. The van der Waals surface area contributed by atoms with Crippen molar-refractivity contribution in [2.75, 3.05) is 11.9 Å². The normalized spacial score (nSPS) is 12.6. The molecule has 0 unspecified atom stereocenters. The Kier molecular flexibility index (Phi) is 6.98. The maximum atomic E-state index is 12.3. The van der Waals surface area contributed by atoms with E-state index in [-0.39, 0.29) is 17.2 Å². The zero-order valence-corrected chi connectivity index (χ0v) is 14.4. The number of hydrogen-bond donors (Lipinski definition) is 2. The predicted molar refractivity (Wildman–Crippen MR) is 97.4 cm³/mol. The van der Waals surface area contributed by atoms with Gasteiger partial charge in [0.05, 0.1) is 0 Å². The molecule has 130 valence electrons. The van der Waals surface area contributed by atoms with E-state index in [0.717, 1.165) is 19.3 Å². The van der Waals surface area contributed by atoms with Gasteiger partial charge in [-0.1, -0.05) is 17.7 Å². The van der Waals surface area contributed by atoms with Crippen LogP contribution in [0.4, 0.5) is 5.69 Å². The van der Waals surface area contributed by atoms with Crippen molar-refractivity contribution < 1.29 is 4.79 Å². The van der Waals surface area contributed by atoms with Crippen molar-refractivity contribution >= 4 is 11.6 Å². The van der Waals surface area contributed by atoms with E-state index in [1.165, 1.54) is 18.4 Å². The highest BCUT2D eigenvalue weighted by Gasteiger charge is 2.10. The second-order valence-electron chi connectivity index (χ2n) is 5.91. The third kappa shape index (κ3) is 5.23. The van der Waals surface area contributed by atoms with E-state index < -0.39 is 0 Å². The van der Waals surface area contributed by atoms with E-state index in [4.69, 9.17) is 15.8 Å². The summed E-state index contributed by atoms with van der Waals surface area (Å²) in [6.07, 6.45) is 7.82. The molecule has 0 aromatic heterocycles. The van der Waals surface area contributed by atoms with Gasteiger partial charge >= 0.3 is 0 Å². The standard InChI is InChI=1S/C20H19N5O/c21-12-17(13-22)19(14-23)25-18-8-4-7-16(11-18)20(26)24-10-9-15-5-2-1-3-6-15/h4-5,7-8,11,25H,1-3,6,9-10H2,(H,24,26). The lowest BCUT2D eigenvalue weighted by Gasteiger charge is -2.13. The molecular weight excluding hydrogens is 326 g/mol. The van der Waals surface area contributed by atoms with Crippen molar-refractivity contribution in [3.8, 4) is 18.2 Å². The Bertz CT molecular complexity index is 845. The number of carbonyl (C=O) groups is 1. The fourth-order valence-corrected chi connectivity index (χ4v) is 2.74. The van der Waals surface area contributed by atoms with Gasteiger partial charge in [-0.15, -0.1) is 0 Å². The summed E-state index contributed by atoms with van der Waals surface area (Å²) in [6.45, 7) is 0.582. The number of anilines is 1. The van der Waals surface area contributed by atoms with Gasteiger partial charge in [0.25, 0.3) is 5.91 Å². The lowest BCUT2D eigenvalue weighted by atomic mass is 9.97. The first-order chi connectivity index (χ1) is 12.7. The molecule has 6 nitrogen and oxygen atoms in total. The van der Waals surface area contributed by atoms with E-state index in [1.807, 2.05) is 0 Å². The Morgan fingerprint density at radius 1 is 1.12 bits per heavy atom. The summed E-state index contributed by atoms with van der Waals surface area (Å²) >= 11 is 0. The average Bonchev–Trinajstić information content (AvgIpc) is 2.69. The molecule has 0 aliphatic heterocycles. The smallest absolute Gasteiger partial charge is 0.251 e.